The maximum atomic E-state index is 14.9. The summed E-state index contributed by atoms with van der Waals surface area (Å²) in [5, 5.41) is 3.32. The number of hydrogen-bond acceptors (Lipinski definition) is 4. The van der Waals surface area contributed by atoms with Crippen LogP contribution in [-0.2, 0) is 32.8 Å². The molecule has 0 aliphatic carbocycles. The molecule has 1 N–H and O–H groups in total. The first-order chi connectivity index (χ1) is 18.9. The van der Waals surface area contributed by atoms with Gasteiger partial charge < -0.3 is 10.2 Å². The van der Waals surface area contributed by atoms with Crippen LogP contribution in [0.25, 0.3) is 0 Å². The van der Waals surface area contributed by atoms with Crippen molar-refractivity contribution in [3.05, 3.63) is 101 Å². The molecule has 0 saturated heterocycles. The number of carbonyl (C=O) groups excluding carboxylic acids is 2. The van der Waals surface area contributed by atoms with Gasteiger partial charge in [-0.25, -0.2) is 8.70 Å². The summed E-state index contributed by atoms with van der Waals surface area (Å²) in [6.07, 6.45) is 0.172. The van der Waals surface area contributed by atoms with Gasteiger partial charge in [-0.1, -0.05) is 66.2 Å². The SMILES string of the molecule is CC(C)NC(=O)[C@H](Cc1ccccc1)N(Cc1cccc(Cl)c1)C(=O)CN(c1ccccc1F)S(=O)(=O)N(C)C. The molecular formula is C29H34ClFN4O4S. The Bertz CT molecular complexity index is 1420. The Kier molecular flexibility index (Phi) is 10.7. The molecule has 0 aromatic heterocycles. The van der Waals surface area contributed by atoms with Gasteiger partial charge in [0.05, 0.1) is 5.69 Å². The highest BCUT2D eigenvalue weighted by molar-refractivity contribution is 7.90. The minimum Gasteiger partial charge on any atom is -0.352 e. The Labute approximate surface area is 240 Å². The standard InChI is InChI=1S/C29H34ClFN4O4S/c1-21(2)32-29(37)27(18-22-11-6-5-7-12-22)34(19-23-13-10-14-24(30)17-23)28(36)20-35(40(38,39)33(3)4)26-16-9-8-15-25(26)31/h5-17,21,27H,18-20H2,1-4H3,(H,32,37)/t27-/m0/s1. The minimum absolute atomic E-state index is 0.0322. The van der Waals surface area contributed by atoms with Crippen molar-refractivity contribution in [2.24, 2.45) is 0 Å². The summed E-state index contributed by atoms with van der Waals surface area (Å²) in [4.78, 5) is 29.0. The van der Waals surface area contributed by atoms with Crippen molar-refractivity contribution in [3.63, 3.8) is 0 Å². The molecule has 0 heterocycles. The summed E-state index contributed by atoms with van der Waals surface area (Å²) in [6.45, 7) is 2.85. The van der Waals surface area contributed by atoms with Gasteiger partial charge in [0, 0.05) is 38.1 Å². The van der Waals surface area contributed by atoms with Crippen molar-refractivity contribution in [2.75, 3.05) is 24.9 Å². The van der Waals surface area contributed by atoms with E-state index >= 15 is 0 Å². The lowest BCUT2D eigenvalue weighted by atomic mass is 10.0. The molecule has 1 atom stereocenters. The normalized spacial score (nSPS) is 12.3. The number of nitrogens with zero attached hydrogens (tertiary/aromatic N) is 3. The lowest BCUT2D eigenvalue weighted by Gasteiger charge is -2.34. The molecule has 0 bridgehead atoms. The molecule has 0 radical (unpaired) electrons. The zero-order chi connectivity index (χ0) is 29.4. The van der Waals surface area contributed by atoms with Gasteiger partial charge in [0.2, 0.25) is 11.8 Å². The summed E-state index contributed by atoms with van der Waals surface area (Å²) in [5.41, 5.74) is 1.17. The quantitative estimate of drug-likeness (QED) is 0.342. The molecule has 8 nitrogen and oxygen atoms in total. The second-order valence-electron chi connectivity index (χ2n) is 9.77. The van der Waals surface area contributed by atoms with Crippen LogP contribution in [0.15, 0.2) is 78.9 Å². The van der Waals surface area contributed by atoms with E-state index < -0.39 is 40.4 Å². The van der Waals surface area contributed by atoms with Crippen LogP contribution in [0.3, 0.4) is 0 Å². The number of para-hydroxylation sites is 1. The topological polar surface area (TPSA) is 90.0 Å². The predicted molar refractivity (Wildman–Crippen MR) is 156 cm³/mol. The van der Waals surface area contributed by atoms with Crippen LogP contribution in [0.4, 0.5) is 10.1 Å². The van der Waals surface area contributed by atoms with E-state index in [4.69, 9.17) is 11.6 Å². The number of amides is 2. The molecule has 0 spiro atoms. The van der Waals surface area contributed by atoms with Gasteiger partial charge in [-0.2, -0.15) is 12.7 Å². The highest BCUT2D eigenvalue weighted by Gasteiger charge is 2.35. The molecule has 2 amide bonds. The van der Waals surface area contributed by atoms with E-state index in [0.717, 1.165) is 20.2 Å². The van der Waals surface area contributed by atoms with Crippen LogP contribution in [0.1, 0.15) is 25.0 Å². The smallest absolute Gasteiger partial charge is 0.304 e. The molecule has 3 aromatic carbocycles. The Morgan fingerprint density at radius 3 is 2.15 bits per heavy atom. The first kappa shape index (κ1) is 31.1. The van der Waals surface area contributed by atoms with Crippen LogP contribution in [0, 0.1) is 5.82 Å². The van der Waals surface area contributed by atoms with Crippen molar-refractivity contribution in [2.45, 2.75) is 38.9 Å². The van der Waals surface area contributed by atoms with Crippen LogP contribution in [-0.4, -0.2) is 62.2 Å². The zero-order valence-corrected chi connectivity index (χ0v) is 24.5. The molecular weight excluding hydrogens is 555 g/mol. The Morgan fingerprint density at radius 1 is 0.925 bits per heavy atom. The third-order valence-corrected chi connectivity index (χ3v) is 8.12. The molecule has 0 saturated carbocycles. The molecule has 214 valence electrons. The van der Waals surface area contributed by atoms with Crippen molar-refractivity contribution < 1.29 is 22.4 Å². The number of benzene rings is 3. The fourth-order valence-electron chi connectivity index (χ4n) is 4.12. The van der Waals surface area contributed by atoms with Gasteiger partial charge in [-0.15, -0.1) is 0 Å². The number of carbonyl (C=O) groups is 2. The van der Waals surface area contributed by atoms with Gasteiger partial charge in [-0.3, -0.25) is 9.59 Å². The first-order valence-corrected chi connectivity index (χ1v) is 14.5. The van der Waals surface area contributed by atoms with Crippen molar-refractivity contribution >= 4 is 39.3 Å². The van der Waals surface area contributed by atoms with Gasteiger partial charge >= 0.3 is 10.2 Å². The molecule has 0 aliphatic rings. The van der Waals surface area contributed by atoms with E-state index in [1.54, 1.807) is 24.3 Å². The van der Waals surface area contributed by atoms with E-state index in [2.05, 4.69) is 5.32 Å². The Balaban J connectivity index is 2.11. The predicted octanol–water partition coefficient (Wildman–Crippen LogP) is 4.26. The molecule has 0 aliphatic heterocycles. The number of nitrogens with one attached hydrogen (secondary N) is 1. The van der Waals surface area contributed by atoms with Crippen molar-refractivity contribution in [3.8, 4) is 0 Å². The average molecular weight is 589 g/mol. The summed E-state index contributed by atoms with van der Waals surface area (Å²) in [5.74, 6) is -1.89. The van der Waals surface area contributed by atoms with E-state index in [-0.39, 0.29) is 24.7 Å². The fourth-order valence-corrected chi connectivity index (χ4v) is 5.40. The molecule has 3 aromatic rings. The summed E-state index contributed by atoms with van der Waals surface area (Å²) in [6, 6.07) is 20.2. The van der Waals surface area contributed by atoms with Crippen LogP contribution < -0.4 is 9.62 Å². The monoisotopic (exact) mass is 588 g/mol. The van der Waals surface area contributed by atoms with Crippen molar-refractivity contribution in [1.82, 2.24) is 14.5 Å². The second-order valence-corrected chi connectivity index (χ2v) is 12.3. The number of hydrogen-bond donors (Lipinski definition) is 1. The largest absolute Gasteiger partial charge is 0.352 e. The van der Waals surface area contributed by atoms with E-state index in [9.17, 15) is 22.4 Å². The Morgan fingerprint density at radius 2 is 1.55 bits per heavy atom. The number of rotatable bonds is 12. The van der Waals surface area contributed by atoms with E-state index in [1.807, 2.05) is 44.2 Å². The molecule has 40 heavy (non-hydrogen) atoms. The van der Waals surface area contributed by atoms with Gasteiger partial charge in [0.15, 0.2) is 0 Å². The van der Waals surface area contributed by atoms with Gasteiger partial charge in [0.1, 0.15) is 18.4 Å². The molecule has 11 heteroatoms. The maximum absolute atomic E-state index is 14.9. The highest BCUT2D eigenvalue weighted by atomic mass is 35.5. The second kappa shape index (κ2) is 13.7. The fraction of sp³-hybridized carbons (Fsp3) is 0.310. The highest BCUT2D eigenvalue weighted by Crippen LogP contribution is 2.24. The van der Waals surface area contributed by atoms with E-state index in [1.165, 1.54) is 37.2 Å². The lowest BCUT2D eigenvalue weighted by molar-refractivity contribution is -0.140. The molecule has 0 unspecified atom stereocenters. The van der Waals surface area contributed by atoms with Gasteiger partial charge in [-0.05, 0) is 49.2 Å². The number of anilines is 1. The third-order valence-electron chi connectivity index (χ3n) is 6.08. The minimum atomic E-state index is -4.29. The third kappa shape index (κ3) is 8.03. The van der Waals surface area contributed by atoms with Gasteiger partial charge in [0.25, 0.3) is 0 Å². The van der Waals surface area contributed by atoms with Crippen molar-refractivity contribution in [1.29, 1.82) is 0 Å². The lowest BCUT2D eigenvalue weighted by Crippen LogP contribution is -2.55. The Hall–Kier alpha value is -3.47. The first-order valence-electron chi connectivity index (χ1n) is 12.7. The average Bonchev–Trinajstić information content (AvgIpc) is 2.89. The van der Waals surface area contributed by atoms with Crippen LogP contribution >= 0.6 is 11.6 Å². The maximum Gasteiger partial charge on any atom is 0.304 e. The van der Waals surface area contributed by atoms with Crippen LogP contribution in [0.2, 0.25) is 5.02 Å². The van der Waals surface area contributed by atoms with E-state index in [0.29, 0.717) is 10.6 Å². The van der Waals surface area contributed by atoms with Crippen LogP contribution in [0.5, 0.6) is 0 Å². The summed E-state index contributed by atoms with van der Waals surface area (Å²) >= 11 is 6.21. The summed E-state index contributed by atoms with van der Waals surface area (Å²) in [7, 11) is -1.69. The molecule has 3 rings (SSSR count). The molecule has 0 fully saturated rings. The summed E-state index contributed by atoms with van der Waals surface area (Å²) < 4.78 is 43.1. The zero-order valence-electron chi connectivity index (χ0n) is 22.9. The number of halogens is 2.